The Morgan fingerprint density at radius 3 is 2.76 bits per heavy atom. The summed E-state index contributed by atoms with van der Waals surface area (Å²) >= 11 is 8.91. The van der Waals surface area contributed by atoms with Crippen molar-refractivity contribution >= 4 is 44.9 Å². The summed E-state index contributed by atoms with van der Waals surface area (Å²) in [6.07, 6.45) is 0. The van der Waals surface area contributed by atoms with Crippen LogP contribution in [0.3, 0.4) is 0 Å². The van der Waals surface area contributed by atoms with Crippen molar-refractivity contribution in [2.24, 2.45) is 0 Å². The summed E-state index contributed by atoms with van der Waals surface area (Å²) in [4.78, 5) is 17.0. The zero-order valence-corrected chi connectivity index (χ0v) is 13.8. The van der Waals surface area contributed by atoms with Crippen LogP contribution in [0.15, 0.2) is 45.7 Å². The maximum absolute atomic E-state index is 12.4. The molecule has 0 saturated heterocycles. The van der Waals surface area contributed by atoms with Crippen LogP contribution in [0.25, 0.3) is 10.2 Å². The molecule has 0 spiro atoms. The summed E-state index contributed by atoms with van der Waals surface area (Å²) in [6.45, 7) is 2.59. The molecule has 6 heteroatoms. The number of hydrogen-bond acceptors (Lipinski definition) is 4. The fraction of sp³-hybridized carbons (Fsp3) is 0.200. The molecule has 2 heterocycles. The second kappa shape index (κ2) is 6.22. The van der Waals surface area contributed by atoms with Gasteiger partial charge in [-0.25, -0.2) is 4.98 Å². The quantitative estimate of drug-likeness (QED) is 0.522. The number of aromatic nitrogens is 2. The van der Waals surface area contributed by atoms with Gasteiger partial charge in [-0.3, -0.25) is 9.36 Å². The number of hydrogen-bond donors (Lipinski definition) is 0. The van der Waals surface area contributed by atoms with Crippen molar-refractivity contribution in [1.82, 2.24) is 9.55 Å². The predicted molar refractivity (Wildman–Crippen MR) is 90.6 cm³/mol. The van der Waals surface area contributed by atoms with Crippen LogP contribution in [-0.4, -0.2) is 9.55 Å². The average Bonchev–Trinajstić information content (AvgIpc) is 2.95. The fourth-order valence-electron chi connectivity index (χ4n) is 2.04. The molecule has 3 aromatic rings. The topological polar surface area (TPSA) is 34.9 Å². The largest absolute Gasteiger partial charge is 0.287 e. The molecule has 21 heavy (non-hydrogen) atoms. The Hall–Kier alpha value is -1.30. The fourth-order valence-corrected chi connectivity index (χ4v) is 3.96. The van der Waals surface area contributed by atoms with Crippen LogP contribution in [0.5, 0.6) is 0 Å². The number of thioether (sulfide) groups is 1. The van der Waals surface area contributed by atoms with Gasteiger partial charge in [-0.15, -0.1) is 11.3 Å². The molecule has 3 rings (SSSR count). The van der Waals surface area contributed by atoms with Gasteiger partial charge < -0.3 is 0 Å². The van der Waals surface area contributed by atoms with Crippen LogP contribution < -0.4 is 5.56 Å². The van der Waals surface area contributed by atoms with Crippen LogP contribution in [0.1, 0.15) is 12.5 Å². The van der Waals surface area contributed by atoms with E-state index < -0.39 is 0 Å². The van der Waals surface area contributed by atoms with E-state index in [1.165, 1.54) is 11.3 Å². The molecule has 0 radical (unpaired) electrons. The Morgan fingerprint density at radius 1 is 1.29 bits per heavy atom. The van der Waals surface area contributed by atoms with Crippen molar-refractivity contribution in [2.75, 3.05) is 0 Å². The summed E-state index contributed by atoms with van der Waals surface area (Å²) in [6, 6.07) is 9.63. The number of rotatable bonds is 4. The number of benzene rings is 1. The van der Waals surface area contributed by atoms with Gasteiger partial charge in [0.1, 0.15) is 4.70 Å². The second-order valence-corrected chi connectivity index (χ2v) is 6.79. The van der Waals surface area contributed by atoms with Crippen LogP contribution in [0, 0.1) is 0 Å². The molecule has 0 aliphatic heterocycles. The van der Waals surface area contributed by atoms with E-state index >= 15 is 0 Å². The van der Waals surface area contributed by atoms with Crippen molar-refractivity contribution in [3.8, 4) is 0 Å². The minimum Gasteiger partial charge on any atom is -0.287 e. The summed E-state index contributed by atoms with van der Waals surface area (Å²) < 4.78 is 2.46. The highest BCUT2D eigenvalue weighted by atomic mass is 35.5. The predicted octanol–water partition coefficient (Wildman–Crippen LogP) is 4.42. The number of thiophene rings is 1. The molecule has 2 aromatic heterocycles. The second-order valence-electron chi connectivity index (χ2n) is 4.49. The van der Waals surface area contributed by atoms with E-state index in [1.54, 1.807) is 16.3 Å². The molecule has 0 aliphatic rings. The highest BCUT2D eigenvalue weighted by Crippen LogP contribution is 2.24. The van der Waals surface area contributed by atoms with E-state index in [2.05, 4.69) is 4.98 Å². The molecule has 0 saturated carbocycles. The van der Waals surface area contributed by atoms with Gasteiger partial charge >= 0.3 is 0 Å². The van der Waals surface area contributed by atoms with Gasteiger partial charge in [-0.2, -0.15) is 0 Å². The van der Waals surface area contributed by atoms with Crippen molar-refractivity contribution in [2.45, 2.75) is 24.4 Å². The maximum Gasteiger partial charge on any atom is 0.272 e. The lowest BCUT2D eigenvalue weighted by atomic mass is 10.2. The smallest absolute Gasteiger partial charge is 0.272 e. The molecule has 0 atom stereocenters. The lowest BCUT2D eigenvalue weighted by Crippen LogP contribution is -2.21. The van der Waals surface area contributed by atoms with E-state index in [9.17, 15) is 4.79 Å². The Morgan fingerprint density at radius 2 is 2.05 bits per heavy atom. The first-order valence-electron chi connectivity index (χ1n) is 6.54. The first-order chi connectivity index (χ1) is 10.2. The van der Waals surface area contributed by atoms with Crippen molar-refractivity contribution in [3.05, 3.63) is 56.7 Å². The van der Waals surface area contributed by atoms with Crippen LogP contribution in [0.2, 0.25) is 5.02 Å². The number of halogens is 1. The van der Waals surface area contributed by atoms with Gasteiger partial charge in [0.2, 0.25) is 0 Å². The molecule has 0 unspecified atom stereocenters. The number of fused-ring (bicyclic) bond motifs is 1. The SMILES string of the molecule is CCn1c(SCc2ccc(Cl)cc2)nc2ccsc2c1=O. The van der Waals surface area contributed by atoms with Crippen LogP contribution >= 0.6 is 34.7 Å². The highest BCUT2D eigenvalue weighted by Gasteiger charge is 2.11. The van der Waals surface area contributed by atoms with E-state index in [0.717, 1.165) is 31.7 Å². The normalized spacial score (nSPS) is 11.1. The highest BCUT2D eigenvalue weighted by molar-refractivity contribution is 7.98. The minimum absolute atomic E-state index is 0.0520. The molecule has 0 amide bonds. The van der Waals surface area contributed by atoms with Gasteiger partial charge in [0.15, 0.2) is 5.16 Å². The lowest BCUT2D eigenvalue weighted by Gasteiger charge is -2.09. The molecular weight excluding hydrogens is 324 g/mol. The third-order valence-electron chi connectivity index (χ3n) is 3.13. The zero-order chi connectivity index (χ0) is 14.8. The Balaban J connectivity index is 1.92. The van der Waals surface area contributed by atoms with Gasteiger partial charge in [-0.05, 0) is 36.1 Å². The van der Waals surface area contributed by atoms with Gasteiger partial charge in [0, 0.05) is 17.3 Å². The van der Waals surface area contributed by atoms with Crippen molar-refractivity contribution < 1.29 is 0 Å². The Kier molecular flexibility index (Phi) is 4.33. The molecule has 3 nitrogen and oxygen atoms in total. The van der Waals surface area contributed by atoms with Gasteiger partial charge in [-0.1, -0.05) is 35.5 Å². The monoisotopic (exact) mass is 336 g/mol. The molecule has 0 N–H and O–H groups in total. The average molecular weight is 337 g/mol. The van der Waals surface area contributed by atoms with E-state index in [0.29, 0.717) is 6.54 Å². The Labute approximate surface area is 135 Å². The molecular formula is C15H13ClN2OS2. The van der Waals surface area contributed by atoms with Crippen LogP contribution in [-0.2, 0) is 12.3 Å². The van der Waals surface area contributed by atoms with Crippen molar-refractivity contribution in [1.29, 1.82) is 0 Å². The lowest BCUT2D eigenvalue weighted by molar-refractivity contribution is 0.635. The summed E-state index contributed by atoms with van der Waals surface area (Å²) in [5.41, 5.74) is 2.00. The molecule has 0 bridgehead atoms. The summed E-state index contributed by atoms with van der Waals surface area (Å²) in [5.74, 6) is 0.763. The molecule has 0 aliphatic carbocycles. The molecule has 108 valence electrons. The van der Waals surface area contributed by atoms with Crippen LogP contribution in [0.4, 0.5) is 0 Å². The van der Waals surface area contributed by atoms with Gasteiger partial charge in [0.05, 0.1) is 5.52 Å². The summed E-state index contributed by atoms with van der Waals surface area (Å²) in [5, 5.41) is 3.41. The number of nitrogens with zero attached hydrogens (tertiary/aromatic N) is 2. The third kappa shape index (κ3) is 3.00. The Bertz CT molecular complexity index is 824. The van der Waals surface area contributed by atoms with Gasteiger partial charge in [0.25, 0.3) is 5.56 Å². The molecule has 0 fully saturated rings. The van der Waals surface area contributed by atoms with E-state index in [1.807, 2.05) is 42.6 Å². The zero-order valence-electron chi connectivity index (χ0n) is 11.4. The van der Waals surface area contributed by atoms with E-state index in [4.69, 9.17) is 11.6 Å². The third-order valence-corrected chi connectivity index (χ3v) is 5.32. The first-order valence-corrected chi connectivity index (χ1v) is 8.78. The first kappa shape index (κ1) is 14.6. The minimum atomic E-state index is 0.0520. The van der Waals surface area contributed by atoms with E-state index in [-0.39, 0.29) is 5.56 Å². The molecule has 1 aromatic carbocycles. The van der Waals surface area contributed by atoms with Crippen molar-refractivity contribution in [3.63, 3.8) is 0 Å². The summed E-state index contributed by atoms with van der Waals surface area (Å²) in [7, 11) is 0. The standard InChI is InChI=1S/C15H13ClN2OS2/c1-2-18-14(19)13-12(7-8-20-13)17-15(18)21-9-10-3-5-11(16)6-4-10/h3-8H,2,9H2,1H3. The maximum atomic E-state index is 12.4.